The van der Waals surface area contributed by atoms with Crippen molar-refractivity contribution in [3.8, 4) is 0 Å². The average molecular weight is 469 g/mol. The maximum atomic E-state index is 11.5. The molecule has 3 heteroatoms. The van der Waals surface area contributed by atoms with Crippen molar-refractivity contribution in [2.75, 3.05) is 0 Å². The number of ether oxygens (including phenoxy) is 1. The predicted molar refractivity (Wildman–Crippen MR) is 134 cm³/mol. The molecule has 2 N–H and O–H groups in total. The Kier molecular flexibility index (Phi) is 4.93. The summed E-state index contributed by atoms with van der Waals surface area (Å²) in [6.07, 6.45) is 17.9. The summed E-state index contributed by atoms with van der Waals surface area (Å²) in [6.45, 7) is 9.80. The van der Waals surface area contributed by atoms with Crippen molar-refractivity contribution in [1.82, 2.24) is 0 Å². The van der Waals surface area contributed by atoms with Crippen molar-refractivity contribution in [2.45, 2.75) is 134 Å². The fraction of sp³-hybridized carbons (Fsp3) is 0.935. The van der Waals surface area contributed by atoms with E-state index in [0.29, 0.717) is 35.7 Å². The summed E-state index contributed by atoms with van der Waals surface area (Å²) in [5, 5.41) is 21.8. The van der Waals surface area contributed by atoms with Crippen molar-refractivity contribution in [1.29, 1.82) is 0 Å². The summed E-state index contributed by atoms with van der Waals surface area (Å²) in [7, 11) is 0. The topological polar surface area (TPSA) is 53.0 Å². The highest BCUT2D eigenvalue weighted by atomic mass is 16.6. The van der Waals surface area contributed by atoms with Crippen LogP contribution in [0.4, 0.5) is 0 Å². The third-order valence-electron chi connectivity index (χ3n) is 13.0. The first-order valence-corrected chi connectivity index (χ1v) is 14.9. The molecule has 0 aromatic heterocycles. The molecule has 7 rings (SSSR count). The molecule has 1 spiro atoms. The standard InChI is InChI=1S/C31H48O3/c1-19-13-30(27-29(3,34-27)14-22-5-4-11-28(2)18-25(19)26(22)28)12-10-21(15-30)20-6-7-23-8-9-24(32)17-31(23,33)16-20/h20-27,32-33H,1,4-18H2,2-3H3. The first kappa shape index (κ1) is 22.8. The Morgan fingerprint density at radius 2 is 1.65 bits per heavy atom. The van der Waals surface area contributed by atoms with Crippen molar-refractivity contribution in [2.24, 2.45) is 46.3 Å². The van der Waals surface area contributed by atoms with Gasteiger partial charge < -0.3 is 14.9 Å². The largest absolute Gasteiger partial charge is 0.393 e. The van der Waals surface area contributed by atoms with Gasteiger partial charge in [-0.2, -0.15) is 0 Å². The van der Waals surface area contributed by atoms with Crippen LogP contribution in [0.1, 0.15) is 110 Å². The van der Waals surface area contributed by atoms with Crippen molar-refractivity contribution in [3.05, 3.63) is 12.2 Å². The van der Waals surface area contributed by atoms with E-state index in [0.717, 1.165) is 43.4 Å². The molecule has 0 amide bonds. The zero-order chi connectivity index (χ0) is 23.5. The second kappa shape index (κ2) is 7.35. The summed E-state index contributed by atoms with van der Waals surface area (Å²) >= 11 is 0. The molecule has 6 aliphatic carbocycles. The highest BCUT2D eigenvalue weighted by Crippen LogP contribution is 2.70. The van der Waals surface area contributed by atoms with E-state index in [9.17, 15) is 10.2 Å². The van der Waals surface area contributed by atoms with Crippen molar-refractivity contribution in [3.63, 3.8) is 0 Å². The highest BCUT2D eigenvalue weighted by Gasteiger charge is 2.68. The molecule has 1 aliphatic heterocycles. The van der Waals surface area contributed by atoms with E-state index in [-0.39, 0.29) is 17.1 Å². The van der Waals surface area contributed by atoms with Crippen LogP contribution < -0.4 is 0 Å². The number of fused-ring (bicyclic) bond motifs is 3. The van der Waals surface area contributed by atoms with Crippen LogP contribution in [0.5, 0.6) is 0 Å². The van der Waals surface area contributed by atoms with E-state index in [1.165, 1.54) is 64.2 Å². The Morgan fingerprint density at radius 3 is 2.50 bits per heavy atom. The lowest BCUT2D eigenvalue weighted by atomic mass is 9.44. The van der Waals surface area contributed by atoms with Gasteiger partial charge in [-0.3, -0.25) is 0 Å². The molecule has 1 heterocycles. The number of aliphatic hydroxyl groups is 2. The summed E-state index contributed by atoms with van der Waals surface area (Å²) < 4.78 is 6.73. The molecule has 0 bridgehead atoms. The summed E-state index contributed by atoms with van der Waals surface area (Å²) in [5.74, 6) is 4.18. The first-order chi connectivity index (χ1) is 16.1. The van der Waals surface area contributed by atoms with Crippen LogP contribution >= 0.6 is 0 Å². The predicted octanol–water partition coefficient (Wildman–Crippen LogP) is 6.42. The second-order valence-electron chi connectivity index (χ2n) is 15.1. The maximum absolute atomic E-state index is 11.5. The van der Waals surface area contributed by atoms with Gasteiger partial charge in [0.25, 0.3) is 0 Å². The molecule has 12 atom stereocenters. The van der Waals surface area contributed by atoms with Gasteiger partial charge in [0.2, 0.25) is 0 Å². The lowest BCUT2D eigenvalue weighted by Crippen LogP contribution is -2.53. The number of allylic oxidation sites excluding steroid dienone is 1. The normalized spacial score (nSPS) is 60.8. The smallest absolute Gasteiger partial charge is 0.0930 e. The summed E-state index contributed by atoms with van der Waals surface area (Å²) in [5.41, 5.74) is 1.88. The number of hydrogen-bond donors (Lipinski definition) is 2. The van der Waals surface area contributed by atoms with E-state index in [2.05, 4.69) is 13.8 Å². The minimum absolute atomic E-state index is 0.0892. The van der Waals surface area contributed by atoms with Gasteiger partial charge in [0, 0.05) is 11.8 Å². The average Bonchev–Trinajstić information content (AvgIpc) is 3.24. The fourth-order valence-corrected chi connectivity index (χ4v) is 11.6. The van der Waals surface area contributed by atoms with Crippen LogP contribution in [0.3, 0.4) is 0 Å². The highest BCUT2D eigenvalue weighted by molar-refractivity contribution is 5.25. The zero-order valence-corrected chi connectivity index (χ0v) is 21.7. The Hall–Kier alpha value is -0.380. The zero-order valence-electron chi connectivity index (χ0n) is 21.7. The molecular formula is C31H48O3. The molecule has 12 unspecified atom stereocenters. The Morgan fingerprint density at radius 1 is 0.853 bits per heavy atom. The molecule has 0 aromatic carbocycles. The van der Waals surface area contributed by atoms with Crippen LogP contribution in [0.15, 0.2) is 12.2 Å². The minimum atomic E-state index is -0.616. The molecule has 3 nitrogen and oxygen atoms in total. The molecule has 190 valence electrons. The van der Waals surface area contributed by atoms with E-state index in [1.807, 2.05) is 0 Å². The van der Waals surface area contributed by atoms with Gasteiger partial charge in [0.15, 0.2) is 0 Å². The number of hydrogen-bond acceptors (Lipinski definition) is 3. The van der Waals surface area contributed by atoms with Crippen LogP contribution in [0.2, 0.25) is 0 Å². The van der Waals surface area contributed by atoms with E-state index in [4.69, 9.17) is 11.3 Å². The SMILES string of the molecule is C=C1CC2(CCC(C3CCC4CCC(O)CC4(O)C3)C2)C2OC2(C)CC2CCCC3(C)CC1C23. The van der Waals surface area contributed by atoms with Gasteiger partial charge >= 0.3 is 0 Å². The molecule has 7 fully saturated rings. The molecule has 6 saturated carbocycles. The first-order valence-electron chi connectivity index (χ1n) is 14.9. The summed E-state index contributed by atoms with van der Waals surface area (Å²) in [4.78, 5) is 0. The summed E-state index contributed by atoms with van der Waals surface area (Å²) in [6, 6.07) is 0. The van der Waals surface area contributed by atoms with Crippen LogP contribution in [-0.4, -0.2) is 33.6 Å². The molecule has 0 aromatic rings. The lowest BCUT2D eigenvalue weighted by Gasteiger charge is -2.61. The van der Waals surface area contributed by atoms with E-state index >= 15 is 0 Å². The van der Waals surface area contributed by atoms with Gasteiger partial charge in [0.1, 0.15) is 0 Å². The lowest BCUT2D eigenvalue weighted by molar-refractivity contribution is -0.127. The number of epoxide rings is 1. The Balaban J connectivity index is 1.12. The number of aliphatic hydroxyl groups excluding tert-OH is 1. The van der Waals surface area contributed by atoms with Crippen molar-refractivity contribution >= 4 is 0 Å². The minimum Gasteiger partial charge on any atom is -0.393 e. The fourth-order valence-electron chi connectivity index (χ4n) is 11.6. The van der Waals surface area contributed by atoms with E-state index in [1.54, 1.807) is 5.57 Å². The Bertz CT molecular complexity index is 869. The van der Waals surface area contributed by atoms with Crippen LogP contribution in [0.25, 0.3) is 0 Å². The third-order valence-corrected chi connectivity index (χ3v) is 13.0. The van der Waals surface area contributed by atoms with E-state index < -0.39 is 5.60 Å². The van der Waals surface area contributed by atoms with Gasteiger partial charge in [-0.1, -0.05) is 31.9 Å². The molecule has 34 heavy (non-hydrogen) atoms. The molecule has 7 aliphatic rings. The maximum Gasteiger partial charge on any atom is 0.0930 e. The van der Waals surface area contributed by atoms with Gasteiger partial charge in [-0.05, 0) is 125 Å². The number of rotatable bonds is 1. The van der Waals surface area contributed by atoms with Gasteiger partial charge in [-0.25, -0.2) is 0 Å². The van der Waals surface area contributed by atoms with Crippen molar-refractivity contribution < 1.29 is 14.9 Å². The Labute approximate surface area is 207 Å². The quantitative estimate of drug-likeness (QED) is 0.345. The second-order valence-corrected chi connectivity index (χ2v) is 15.1. The third kappa shape index (κ3) is 3.24. The molecular weight excluding hydrogens is 420 g/mol. The monoisotopic (exact) mass is 468 g/mol. The van der Waals surface area contributed by atoms with Gasteiger partial charge in [-0.15, -0.1) is 0 Å². The molecule has 0 radical (unpaired) electrons. The molecule has 1 saturated heterocycles. The van der Waals surface area contributed by atoms with Crippen LogP contribution in [0, 0.1) is 46.3 Å². The van der Waals surface area contributed by atoms with Crippen LogP contribution in [-0.2, 0) is 4.74 Å². The van der Waals surface area contributed by atoms with Gasteiger partial charge in [0.05, 0.1) is 23.4 Å².